The third-order valence-electron chi connectivity index (χ3n) is 2.84. The van der Waals surface area contributed by atoms with Crippen LogP contribution >= 0.6 is 0 Å². The van der Waals surface area contributed by atoms with Gasteiger partial charge in [-0.25, -0.2) is 0 Å². The fourth-order valence-electron chi connectivity index (χ4n) is 2.00. The Morgan fingerprint density at radius 1 is 1.20 bits per heavy atom. The second kappa shape index (κ2) is 3.97. The van der Waals surface area contributed by atoms with E-state index < -0.39 is 0 Å². The zero-order chi connectivity index (χ0) is 7.40. The Morgan fingerprint density at radius 3 is 2.60 bits per heavy atom. The highest BCUT2D eigenvalue weighted by Crippen LogP contribution is 2.23. The molecule has 1 fully saturated rings. The predicted molar refractivity (Wildman–Crippen MR) is 43.5 cm³/mol. The molecule has 1 aliphatic carbocycles. The summed E-state index contributed by atoms with van der Waals surface area (Å²) in [4.78, 5) is 0. The van der Waals surface area contributed by atoms with E-state index in [1.54, 1.807) is 0 Å². The van der Waals surface area contributed by atoms with Gasteiger partial charge in [0.1, 0.15) is 0 Å². The zero-order valence-electron chi connectivity index (χ0n) is 7.10. The summed E-state index contributed by atoms with van der Waals surface area (Å²) in [6.45, 7) is 2.30. The van der Waals surface area contributed by atoms with E-state index in [-0.39, 0.29) is 0 Å². The molecule has 0 aromatic heterocycles. The number of quaternary nitrogens is 1. The van der Waals surface area contributed by atoms with Crippen molar-refractivity contribution >= 4 is 0 Å². The van der Waals surface area contributed by atoms with Crippen LogP contribution in [0.3, 0.4) is 0 Å². The molecule has 0 spiro atoms. The quantitative estimate of drug-likeness (QED) is 0.538. The molecule has 10 heavy (non-hydrogen) atoms. The lowest BCUT2D eigenvalue weighted by Gasteiger charge is -2.15. The molecular weight excluding hydrogens is 122 g/mol. The molecule has 0 heterocycles. The SMILES string of the molecule is CCC1CCCCCC1[NH3+]. The standard InChI is InChI=1S/C9H19N/c1-2-8-6-4-3-5-7-9(8)10/h8-9H,2-7,10H2,1H3/p+1. The average Bonchev–Trinajstić information content (AvgIpc) is 2.13. The maximum atomic E-state index is 4.21. The van der Waals surface area contributed by atoms with Crippen LogP contribution < -0.4 is 5.73 Å². The molecule has 1 saturated carbocycles. The first kappa shape index (κ1) is 8.06. The highest BCUT2D eigenvalue weighted by molar-refractivity contribution is 4.70. The van der Waals surface area contributed by atoms with E-state index in [0.717, 1.165) is 12.0 Å². The minimum absolute atomic E-state index is 0.757. The van der Waals surface area contributed by atoms with Crippen LogP contribution in [0.15, 0.2) is 0 Å². The molecule has 1 rings (SSSR count). The van der Waals surface area contributed by atoms with Gasteiger partial charge in [-0.1, -0.05) is 19.8 Å². The Balaban J connectivity index is 2.35. The summed E-state index contributed by atoms with van der Waals surface area (Å²) in [6.07, 6.45) is 8.47. The van der Waals surface area contributed by atoms with Gasteiger partial charge in [-0.05, 0) is 25.7 Å². The van der Waals surface area contributed by atoms with Crippen LogP contribution in [0.4, 0.5) is 0 Å². The summed E-state index contributed by atoms with van der Waals surface area (Å²) >= 11 is 0. The van der Waals surface area contributed by atoms with Crippen LogP contribution in [0.25, 0.3) is 0 Å². The molecule has 3 N–H and O–H groups in total. The number of hydrogen-bond donors (Lipinski definition) is 1. The summed E-state index contributed by atoms with van der Waals surface area (Å²) in [5, 5.41) is 0. The second-order valence-electron chi connectivity index (χ2n) is 3.57. The normalized spacial score (nSPS) is 35.4. The van der Waals surface area contributed by atoms with Crippen molar-refractivity contribution in [2.75, 3.05) is 0 Å². The van der Waals surface area contributed by atoms with Crippen LogP contribution in [0, 0.1) is 5.92 Å². The zero-order valence-corrected chi connectivity index (χ0v) is 7.10. The van der Waals surface area contributed by atoms with E-state index in [4.69, 9.17) is 0 Å². The van der Waals surface area contributed by atoms with Crippen LogP contribution in [0.5, 0.6) is 0 Å². The highest BCUT2D eigenvalue weighted by Gasteiger charge is 2.20. The maximum Gasteiger partial charge on any atom is 0.0871 e. The summed E-state index contributed by atoms with van der Waals surface area (Å²) in [7, 11) is 0. The first-order valence-electron chi connectivity index (χ1n) is 4.67. The summed E-state index contributed by atoms with van der Waals surface area (Å²) in [5.41, 5.74) is 4.21. The van der Waals surface area contributed by atoms with Gasteiger partial charge in [0.15, 0.2) is 0 Å². The van der Waals surface area contributed by atoms with Gasteiger partial charge in [-0.15, -0.1) is 0 Å². The molecule has 0 bridgehead atoms. The molecule has 0 saturated heterocycles. The fourth-order valence-corrected chi connectivity index (χ4v) is 2.00. The summed E-state index contributed by atoms with van der Waals surface area (Å²) in [5.74, 6) is 0.933. The van der Waals surface area contributed by atoms with Gasteiger partial charge in [-0.3, -0.25) is 0 Å². The maximum absolute atomic E-state index is 4.21. The summed E-state index contributed by atoms with van der Waals surface area (Å²) in [6, 6.07) is 0.757. The van der Waals surface area contributed by atoms with Gasteiger partial charge in [0.05, 0.1) is 6.04 Å². The summed E-state index contributed by atoms with van der Waals surface area (Å²) < 4.78 is 0. The molecule has 0 aliphatic heterocycles. The highest BCUT2D eigenvalue weighted by atomic mass is 14.6. The van der Waals surface area contributed by atoms with Gasteiger partial charge in [-0.2, -0.15) is 0 Å². The van der Waals surface area contributed by atoms with E-state index in [1.165, 1.54) is 38.5 Å². The van der Waals surface area contributed by atoms with Gasteiger partial charge < -0.3 is 5.73 Å². The smallest absolute Gasteiger partial charge is 0.0871 e. The minimum Gasteiger partial charge on any atom is -0.355 e. The first-order chi connectivity index (χ1) is 4.84. The van der Waals surface area contributed by atoms with Crippen molar-refractivity contribution in [2.24, 2.45) is 5.92 Å². The minimum atomic E-state index is 0.757. The van der Waals surface area contributed by atoms with Crippen LogP contribution in [-0.4, -0.2) is 6.04 Å². The lowest BCUT2D eigenvalue weighted by Crippen LogP contribution is -2.63. The Bertz CT molecular complexity index is 90.7. The molecule has 1 heteroatoms. The van der Waals surface area contributed by atoms with Crippen LogP contribution in [-0.2, 0) is 0 Å². The van der Waals surface area contributed by atoms with Crippen molar-refractivity contribution in [2.45, 2.75) is 51.5 Å². The Hall–Kier alpha value is -0.0400. The van der Waals surface area contributed by atoms with E-state index in [2.05, 4.69) is 12.7 Å². The Morgan fingerprint density at radius 2 is 1.90 bits per heavy atom. The van der Waals surface area contributed by atoms with Gasteiger partial charge >= 0.3 is 0 Å². The molecule has 60 valence electrons. The molecule has 0 amide bonds. The van der Waals surface area contributed by atoms with Gasteiger partial charge in [0.25, 0.3) is 0 Å². The molecule has 2 unspecified atom stereocenters. The Kier molecular flexibility index (Phi) is 3.20. The van der Waals surface area contributed by atoms with Crippen LogP contribution in [0.2, 0.25) is 0 Å². The average molecular weight is 142 g/mol. The number of rotatable bonds is 1. The molecular formula is C9H20N+. The molecule has 1 aliphatic rings. The first-order valence-corrected chi connectivity index (χ1v) is 4.67. The third kappa shape index (κ3) is 1.98. The number of hydrogen-bond acceptors (Lipinski definition) is 0. The van der Waals surface area contributed by atoms with Gasteiger partial charge in [0.2, 0.25) is 0 Å². The van der Waals surface area contributed by atoms with Crippen molar-refractivity contribution in [3.8, 4) is 0 Å². The van der Waals surface area contributed by atoms with Crippen molar-refractivity contribution in [1.82, 2.24) is 0 Å². The van der Waals surface area contributed by atoms with Gasteiger partial charge in [0, 0.05) is 5.92 Å². The topological polar surface area (TPSA) is 27.6 Å². The van der Waals surface area contributed by atoms with Crippen molar-refractivity contribution in [3.63, 3.8) is 0 Å². The Labute approximate surface area is 64.0 Å². The van der Waals surface area contributed by atoms with E-state index in [0.29, 0.717) is 0 Å². The molecule has 0 radical (unpaired) electrons. The van der Waals surface area contributed by atoms with E-state index in [9.17, 15) is 0 Å². The molecule has 0 aromatic rings. The third-order valence-corrected chi connectivity index (χ3v) is 2.84. The lowest BCUT2D eigenvalue weighted by atomic mass is 9.93. The van der Waals surface area contributed by atoms with Crippen molar-refractivity contribution in [3.05, 3.63) is 0 Å². The van der Waals surface area contributed by atoms with E-state index in [1.807, 2.05) is 0 Å². The monoisotopic (exact) mass is 142 g/mol. The molecule has 2 atom stereocenters. The predicted octanol–water partition coefficient (Wildman–Crippen LogP) is 1.59. The second-order valence-corrected chi connectivity index (χ2v) is 3.57. The van der Waals surface area contributed by atoms with E-state index >= 15 is 0 Å². The van der Waals surface area contributed by atoms with Crippen molar-refractivity contribution < 1.29 is 5.73 Å². The molecule has 1 nitrogen and oxygen atoms in total. The van der Waals surface area contributed by atoms with Crippen LogP contribution in [0.1, 0.15) is 45.4 Å². The fraction of sp³-hybridized carbons (Fsp3) is 1.00. The lowest BCUT2D eigenvalue weighted by molar-refractivity contribution is -0.434. The largest absolute Gasteiger partial charge is 0.355 e. The van der Waals surface area contributed by atoms with Crippen molar-refractivity contribution in [1.29, 1.82) is 0 Å². The molecule has 0 aromatic carbocycles.